The number of hydrogen-bond acceptors (Lipinski definition) is 5. The van der Waals surface area contributed by atoms with E-state index in [0.29, 0.717) is 4.88 Å². The molecule has 0 aliphatic carbocycles. The van der Waals surface area contributed by atoms with Crippen LogP contribution in [0.4, 0.5) is 5.69 Å². The minimum atomic E-state index is -0.253. The molecule has 0 unspecified atom stereocenters. The summed E-state index contributed by atoms with van der Waals surface area (Å²) in [6.07, 6.45) is 0. The summed E-state index contributed by atoms with van der Waals surface area (Å²) in [5.74, 6) is 5.63. The zero-order valence-corrected chi connectivity index (χ0v) is 12.1. The molecule has 100 valence electrons. The van der Waals surface area contributed by atoms with Crippen LogP contribution in [0.5, 0.6) is 0 Å². The number of amides is 1. The molecule has 1 aromatic carbocycles. The average molecular weight is 293 g/mol. The summed E-state index contributed by atoms with van der Waals surface area (Å²) in [6, 6.07) is 9.72. The molecule has 0 spiro atoms. The molecular formula is C13H15N3OS2. The first-order chi connectivity index (χ1) is 9.11. The number of thiophene rings is 1. The Balaban J connectivity index is 2.04. The van der Waals surface area contributed by atoms with Crippen molar-refractivity contribution in [3.8, 4) is 0 Å². The minimum absolute atomic E-state index is 0.253. The number of carbonyl (C=O) groups is 1. The summed E-state index contributed by atoms with van der Waals surface area (Å²) in [5.41, 5.74) is 10.1. The number of rotatable bonds is 4. The summed E-state index contributed by atoms with van der Waals surface area (Å²) in [5, 5.41) is 0. The molecule has 0 atom stereocenters. The van der Waals surface area contributed by atoms with Crippen LogP contribution in [-0.2, 0) is 5.75 Å². The van der Waals surface area contributed by atoms with Crippen molar-refractivity contribution < 1.29 is 4.79 Å². The maximum atomic E-state index is 11.3. The Morgan fingerprint density at radius 3 is 2.89 bits per heavy atom. The molecule has 4 nitrogen and oxygen atoms in total. The summed E-state index contributed by atoms with van der Waals surface area (Å²) in [6.45, 7) is 1.99. The fourth-order valence-corrected chi connectivity index (χ4v) is 3.58. The first-order valence-corrected chi connectivity index (χ1v) is 7.49. The smallest absolute Gasteiger partial charge is 0.275 e. The molecular weight excluding hydrogens is 278 g/mol. The lowest BCUT2D eigenvalue weighted by Crippen LogP contribution is -2.29. The average Bonchev–Trinajstić information content (AvgIpc) is 2.88. The largest absolute Gasteiger partial charge is 0.398 e. The zero-order chi connectivity index (χ0) is 13.8. The van der Waals surface area contributed by atoms with E-state index in [2.05, 4.69) is 5.43 Å². The van der Waals surface area contributed by atoms with Gasteiger partial charge in [0.05, 0.1) is 4.88 Å². The van der Waals surface area contributed by atoms with E-state index in [1.807, 2.05) is 31.2 Å². The van der Waals surface area contributed by atoms with Gasteiger partial charge < -0.3 is 5.73 Å². The van der Waals surface area contributed by atoms with Crippen LogP contribution >= 0.6 is 23.1 Å². The predicted octanol–water partition coefficient (Wildman–Crippen LogP) is 2.53. The van der Waals surface area contributed by atoms with Gasteiger partial charge >= 0.3 is 0 Å². The summed E-state index contributed by atoms with van der Waals surface area (Å²) < 4.78 is 0. The number of nitrogens with one attached hydrogen (secondary N) is 1. The van der Waals surface area contributed by atoms with E-state index in [1.54, 1.807) is 17.8 Å². The van der Waals surface area contributed by atoms with Gasteiger partial charge in [-0.15, -0.1) is 23.1 Å². The van der Waals surface area contributed by atoms with Gasteiger partial charge in [-0.05, 0) is 30.7 Å². The van der Waals surface area contributed by atoms with E-state index in [-0.39, 0.29) is 5.91 Å². The SMILES string of the molecule is Cc1cccc(SCc2ccc(C(=O)NN)s2)c1N. The molecule has 0 saturated heterocycles. The lowest BCUT2D eigenvalue weighted by molar-refractivity contribution is 0.0957. The highest BCUT2D eigenvalue weighted by atomic mass is 32.2. The molecule has 1 amide bonds. The number of hydrogen-bond donors (Lipinski definition) is 3. The van der Waals surface area contributed by atoms with Gasteiger partial charge in [-0.1, -0.05) is 12.1 Å². The number of nitrogen functional groups attached to an aromatic ring is 2. The van der Waals surface area contributed by atoms with Crippen molar-refractivity contribution in [1.29, 1.82) is 0 Å². The Hall–Kier alpha value is -1.50. The minimum Gasteiger partial charge on any atom is -0.398 e. The van der Waals surface area contributed by atoms with Crippen molar-refractivity contribution in [2.45, 2.75) is 17.6 Å². The first-order valence-electron chi connectivity index (χ1n) is 5.69. The number of nitrogens with two attached hydrogens (primary N) is 2. The maximum Gasteiger partial charge on any atom is 0.275 e. The van der Waals surface area contributed by atoms with Crippen LogP contribution in [0.25, 0.3) is 0 Å². The lowest BCUT2D eigenvalue weighted by atomic mass is 10.2. The number of hydrazine groups is 1. The highest BCUT2D eigenvalue weighted by Gasteiger charge is 2.08. The molecule has 0 fully saturated rings. The monoisotopic (exact) mass is 293 g/mol. The molecule has 2 aromatic rings. The van der Waals surface area contributed by atoms with E-state index in [4.69, 9.17) is 11.6 Å². The fraction of sp³-hybridized carbons (Fsp3) is 0.154. The summed E-state index contributed by atoms with van der Waals surface area (Å²) in [7, 11) is 0. The quantitative estimate of drug-likeness (QED) is 0.266. The van der Waals surface area contributed by atoms with Crippen LogP contribution in [-0.4, -0.2) is 5.91 Å². The number of anilines is 1. The van der Waals surface area contributed by atoms with Gasteiger partial charge in [0, 0.05) is 21.2 Å². The maximum absolute atomic E-state index is 11.3. The van der Waals surface area contributed by atoms with E-state index in [9.17, 15) is 4.79 Å². The molecule has 1 heterocycles. The lowest BCUT2D eigenvalue weighted by Gasteiger charge is -2.06. The second-order valence-corrected chi connectivity index (χ2v) is 6.20. The third kappa shape index (κ3) is 3.28. The van der Waals surface area contributed by atoms with Gasteiger partial charge in [0.25, 0.3) is 5.91 Å². The second-order valence-electron chi connectivity index (χ2n) is 4.01. The molecule has 0 bridgehead atoms. The van der Waals surface area contributed by atoms with Crippen molar-refractivity contribution in [2.75, 3.05) is 5.73 Å². The van der Waals surface area contributed by atoms with Crippen LogP contribution in [0.2, 0.25) is 0 Å². The number of benzene rings is 1. The standard InChI is InChI=1S/C13H15N3OS2/c1-8-3-2-4-10(12(8)14)18-7-9-5-6-11(19-9)13(17)16-15/h2-6H,7,14-15H2,1H3,(H,16,17). The van der Waals surface area contributed by atoms with Crippen molar-refractivity contribution in [2.24, 2.45) is 5.84 Å². The number of thioether (sulfide) groups is 1. The molecule has 6 heteroatoms. The van der Waals surface area contributed by atoms with Gasteiger partial charge in [0.1, 0.15) is 0 Å². The third-order valence-electron chi connectivity index (χ3n) is 2.67. The predicted molar refractivity (Wildman–Crippen MR) is 81.1 cm³/mol. The highest BCUT2D eigenvalue weighted by Crippen LogP contribution is 2.31. The van der Waals surface area contributed by atoms with Gasteiger partial charge in [-0.3, -0.25) is 10.2 Å². The zero-order valence-electron chi connectivity index (χ0n) is 10.5. The molecule has 2 rings (SSSR count). The second kappa shape index (κ2) is 6.10. The molecule has 19 heavy (non-hydrogen) atoms. The van der Waals surface area contributed by atoms with E-state index >= 15 is 0 Å². The van der Waals surface area contributed by atoms with Crippen molar-refractivity contribution in [1.82, 2.24) is 5.43 Å². The number of para-hydroxylation sites is 1. The van der Waals surface area contributed by atoms with Crippen LogP contribution in [0.3, 0.4) is 0 Å². The van der Waals surface area contributed by atoms with Gasteiger partial charge in [0.15, 0.2) is 0 Å². The molecule has 0 radical (unpaired) electrons. The molecule has 0 aliphatic heterocycles. The van der Waals surface area contributed by atoms with Gasteiger partial charge in [0.2, 0.25) is 0 Å². The Bertz CT molecular complexity index is 595. The summed E-state index contributed by atoms with van der Waals surface area (Å²) in [4.78, 5) is 14.2. The topological polar surface area (TPSA) is 81.1 Å². The Labute approximate surface area is 120 Å². The number of carbonyl (C=O) groups excluding carboxylic acids is 1. The number of aryl methyl sites for hydroxylation is 1. The van der Waals surface area contributed by atoms with Gasteiger partial charge in [-0.25, -0.2) is 5.84 Å². The van der Waals surface area contributed by atoms with Crippen molar-refractivity contribution in [3.63, 3.8) is 0 Å². The fourth-order valence-electron chi connectivity index (χ4n) is 1.58. The molecule has 0 saturated carbocycles. The van der Waals surface area contributed by atoms with Gasteiger partial charge in [-0.2, -0.15) is 0 Å². The van der Waals surface area contributed by atoms with E-state index < -0.39 is 0 Å². The Kier molecular flexibility index (Phi) is 4.47. The summed E-state index contributed by atoms with van der Waals surface area (Å²) >= 11 is 3.11. The first kappa shape index (κ1) is 13.9. The highest BCUT2D eigenvalue weighted by molar-refractivity contribution is 7.98. The van der Waals surface area contributed by atoms with Crippen molar-refractivity contribution >= 4 is 34.7 Å². The molecule has 1 aromatic heterocycles. The van der Waals surface area contributed by atoms with E-state index in [0.717, 1.165) is 26.8 Å². The van der Waals surface area contributed by atoms with E-state index in [1.165, 1.54) is 11.3 Å². The molecule has 5 N–H and O–H groups in total. The normalized spacial score (nSPS) is 10.4. The third-order valence-corrected chi connectivity index (χ3v) is 5.06. The van der Waals surface area contributed by atoms with Crippen LogP contribution in [0.15, 0.2) is 35.2 Å². The molecule has 0 aliphatic rings. The van der Waals surface area contributed by atoms with Crippen molar-refractivity contribution in [3.05, 3.63) is 45.6 Å². The Morgan fingerprint density at radius 2 is 2.16 bits per heavy atom. The van der Waals surface area contributed by atoms with Crippen LogP contribution < -0.4 is 17.0 Å². The Morgan fingerprint density at radius 1 is 1.37 bits per heavy atom. The van der Waals surface area contributed by atoms with Crippen LogP contribution in [0.1, 0.15) is 20.1 Å². The van der Waals surface area contributed by atoms with Crippen LogP contribution in [0, 0.1) is 6.92 Å².